The number of rotatable bonds is 30. The zero-order valence-electron chi connectivity index (χ0n) is 41.2. The van der Waals surface area contributed by atoms with Gasteiger partial charge in [-0.1, -0.05) is 89.5 Å². The average molecular weight is 940 g/mol. The van der Waals surface area contributed by atoms with Gasteiger partial charge in [0, 0.05) is 0 Å². The third kappa shape index (κ3) is 22.2. The molecular formula is C44H81N11O11. The standard InChI is InChI=1S/C44H81N11O11/c1-21(2)18-29(50-38(59)28(46)16-14-15-17-45)39(60)53-34(24(7)8)42(63)55-35(25(9)10)43(64)54-33(23(5)6)41(62)47-19-30(56)49-27(13)37(58)52-32(22(3)4)40(61)48-20-31(57)51-36(26(11)12)44(65)66/h21-29,32-36H,14-20,45-46H2,1-13H3,(H,47,62)(H,48,61)(H,49,56)(H,50,59)(H,51,57)(H,52,58)(H,53,60)(H,54,64)(H,55,63)(H,65,66)/t27-,28-,29-,32-,33-,34-,35-,36-/m0/s1. The third-order valence-corrected chi connectivity index (χ3v) is 10.5. The van der Waals surface area contributed by atoms with E-state index >= 15 is 0 Å². The first-order valence-electron chi connectivity index (χ1n) is 22.9. The summed E-state index contributed by atoms with van der Waals surface area (Å²) in [5.41, 5.74) is 11.6. The lowest BCUT2D eigenvalue weighted by atomic mass is 9.97. The summed E-state index contributed by atoms with van der Waals surface area (Å²) in [5.74, 6) is -9.68. The fourth-order valence-corrected chi connectivity index (χ4v) is 6.43. The predicted octanol–water partition coefficient (Wildman–Crippen LogP) is -1.50. The second-order valence-corrected chi connectivity index (χ2v) is 18.9. The van der Waals surface area contributed by atoms with Crippen molar-refractivity contribution in [3.05, 3.63) is 0 Å². The number of amides is 9. The molecule has 0 aromatic rings. The molecule has 0 unspecified atom stereocenters. The molecule has 8 atom stereocenters. The molecular weight excluding hydrogens is 859 g/mol. The monoisotopic (exact) mass is 940 g/mol. The van der Waals surface area contributed by atoms with E-state index in [1.807, 2.05) is 13.8 Å². The first-order valence-corrected chi connectivity index (χ1v) is 22.9. The minimum atomic E-state index is -1.23. The fourth-order valence-electron chi connectivity index (χ4n) is 6.43. The number of aliphatic carboxylic acids is 1. The van der Waals surface area contributed by atoms with Gasteiger partial charge in [-0.25, -0.2) is 4.79 Å². The first kappa shape index (κ1) is 60.6. The summed E-state index contributed by atoms with van der Waals surface area (Å²) in [6, 6.07) is -8.74. The molecule has 9 amide bonds. The molecule has 14 N–H and O–H groups in total. The Labute approximate surface area is 389 Å². The lowest BCUT2D eigenvalue weighted by Crippen LogP contribution is -2.61. The van der Waals surface area contributed by atoms with Gasteiger partial charge in [-0.3, -0.25) is 43.2 Å². The summed E-state index contributed by atoms with van der Waals surface area (Å²) in [7, 11) is 0. The van der Waals surface area contributed by atoms with Gasteiger partial charge >= 0.3 is 5.97 Å². The molecule has 0 aliphatic carbocycles. The van der Waals surface area contributed by atoms with Crippen molar-refractivity contribution in [3.8, 4) is 0 Å². The SMILES string of the molecule is CC(C)C[C@H](NC(=O)[C@@H](N)CCCCN)C(=O)N[C@H](C(=O)N[C@H](C(=O)N[C@H](C(=O)NCC(=O)N[C@@H](C)C(=O)N[C@H](C(=O)NCC(=O)N[C@H](C(=O)O)C(C)C)C(C)C)C(C)C)C(C)C)C(C)C. The molecule has 0 saturated carbocycles. The zero-order chi connectivity index (χ0) is 51.2. The van der Waals surface area contributed by atoms with Gasteiger partial charge in [-0.05, 0) is 68.2 Å². The molecule has 0 heterocycles. The number of carbonyl (C=O) groups excluding carboxylic acids is 9. The van der Waals surface area contributed by atoms with Gasteiger partial charge in [0.2, 0.25) is 53.2 Å². The summed E-state index contributed by atoms with van der Waals surface area (Å²) < 4.78 is 0. The second kappa shape index (κ2) is 30.0. The van der Waals surface area contributed by atoms with E-state index in [9.17, 15) is 53.1 Å². The van der Waals surface area contributed by atoms with Crippen LogP contribution in [0.5, 0.6) is 0 Å². The molecule has 0 radical (unpaired) electrons. The van der Waals surface area contributed by atoms with Crippen molar-refractivity contribution >= 4 is 59.1 Å². The van der Waals surface area contributed by atoms with Crippen molar-refractivity contribution in [2.45, 2.75) is 164 Å². The molecule has 0 rings (SSSR count). The minimum absolute atomic E-state index is 0.00145. The summed E-state index contributed by atoms with van der Waals surface area (Å²) in [4.78, 5) is 130. The van der Waals surface area contributed by atoms with Crippen molar-refractivity contribution in [3.63, 3.8) is 0 Å². The van der Waals surface area contributed by atoms with E-state index in [0.717, 1.165) is 0 Å². The normalized spacial score (nSPS) is 15.1. The molecule has 22 heteroatoms. The number of carbonyl (C=O) groups is 10. The highest BCUT2D eigenvalue weighted by atomic mass is 16.4. The van der Waals surface area contributed by atoms with Gasteiger partial charge in [0.1, 0.15) is 42.3 Å². The molecule has 0 aromatic heterocycles. The maximum atomic E-state index is 13.8. The molecule has 66 heavy (non-hydrogen) atoms. The molecule has 0 aliphatic heterocycles. The molecule has 0 aromatic carbocycles. The fraction of sp³-hybridized carbons (Fsp3) is 0.773. The van der Waals surface area contributed by atoms with Crippen LogP contribution in [0.4, 0.5) is 0 Å². The van der Waals surface area contributed by atoms with E-state index < -0.39 is 150 Å². The van der Waals surface area contributed by atoms with Crippen LogP contribution >= 0.6 is 0 Å². The highest BCUT2D eigenvalue weighted by Gasteiger charge is 2.35. The quantitative estimate of drug-likeness (QED) is 0.0366. The van der Waals surface area contributed by atoms with Crippen LogP contribution in [0.25, 0.3) is 0 Å². The predicted molar refractivity (Wildman–Crippen MR) is 247 cm³/mol. The van der Waals surface area contributed by atoms with Crippen molar-refractivity contribution in [1.82, 2.24) is 47.9 Å². The van der Waals surface area contributed by atoms with Crippen LogP contribution in [0, 0.1) is 35.5 Å². The molecule has 0 saturated heterocycles. The number of carboxylic acid groups (broad SMARTS) is 1. The summed E-state index contributed by atoms with van der Waals surface area (Å²) in [6.07, 6.45) is 2.00. The Hall–Kier alpha value is -5.38. The summed E-state index contributed by atoms with van der Waals surface area (Å²) in [6.45, 7) is 21.1. The van der Waals surface area contributed by atoms with Crippen molar-refractivity contribution in [2.75, 3.05) is 19.6 Å². The van der Waals surface area contributed by atoms with Crippen molar-refractivity contribution in [1.29, 1.82) is 0 Å². The molecule has 0 aliphatic rings. The Morgan fingerprint density at radius 3 is 1.20 bits per heavy atom. The molecule has 378 valence electrons. The van der Waals surface area contributed by atoms with Gasteiger partial charge in [0.15, 0.2) is 0 Å². The van der Waals surface area contributed by atoms with Crippen LogP contribution in [0.15, 0.2) is 0 Å². The molecule has 0 fully saturated rings. The molecule has 22 nitrogen and oxygen atoms in total. The van der Waals surface area contributed by atoms with Crippen LogP contribution in [-0.4, -0.2) is 132 Å². The van der Waals surface area contributed by atoms with E-state index in [1.54, 1.807) is 69.2 Å². The van der Waals surface area contributed by atoms with Gasteiger partial charge in [0.05, 0.1) is 19.1 Å². The first-order chi connectivity index (χ1) is 30.5. The highest BCUT2D eigenvalue weighted by Crippen LogP contribution is 2.12. The number of nitrogens with one attached hydrogen (secondary N) is 9. The topological polar surface area (TPSA) is 351 Å². The number of carboxylic acids is 1. The Morgan fingerprint density at radius 1 is 0.439 bits per heavy atom. The lowest BCUT2D eigenvalue weighted by Gasteiger charge is -2.30. The van der Waals surface area contributed by atoms with Crippen LogP contribution in [-0.2, 0) is 47.9 Å². The van der Waals surface area contributed by atoms with E-state index in [0.29, 0.717) is 25.8 Å². The number of hydrogen-bond acceptors (Lipinski definition) is 12. The van der Waals surface area contributed by atoms with Gasteiger partial charge < -0.3 is 64.4 Å². The maximum absolute atomic E-state index is 13.8. The Morgan fingerprint density at radius 2 is 0.818 bits per heavy atom. The van der Waals surface area contributed by atoms with Crippen LogP contribution in [0.2, 0.25) is 0 Å². The van der Waals surface area contributed by atoms with E-state index in [1.165, 1.54) is 6.92 Å². The maximum Gasteiger partial charge on any atom is 0.326 e. The molecule has 0 bridgehead atoms. The van der Waals surface area contributed by atoms with E-state index in [4.69, 9.17) is 11.5 Å². The van der Waals surface area contributed by atoms with Crippen molar-refractivity contribution < 1.29 is 53.1 Å². The van der Waals surface area contributed by atoms with E-state index in [2.05, 4.69) is 47.9 Å². The van der Waals surface area contributed by atoms with Crippen LogP contribution in [0.3, 0.4) is 0 Å². The lowest BCUT2D eigenvalue weighted by molar-refractivity contribution is -0.143. The third-order valence-electron chi connectivity index (χ3n) is 10.5. The Balaban J connectivity index is 5.64. The second-order valence-electron chi connectivity index (χ2n) is 18.9. The molecule has 0 spiro atoms. The van der Waals surface area contributed by atoms with Gasteiger partial charge in [0.25, 0.3) is 0 Å². The zero-order valence-corrected chi connectivity index (χ0v) is 41.2. The van der Waals surface area contributed by atoms with Gasteiger partial charge in [-0.2, -0.15) is 0 Å². The average Bonchev–Trinajstić information content (AvgIpc) is 3.21. The Kier molecular flexibility index (Phi) is 27.6. The number of nitrogens with two attached hydrogens (primary N) is 2. The Bertz CT molecular complexity index is 1650. The number of unbranched alkanes of at least 4 members (excludes halogenated alkanes) is 1. The number of hydrogen-bond donors (Lipinski definition) is 12. The van der Waals surface area contributed by atoms with Crippen LogP contribution < -0.4 is 59.3 Å². The van der Waals surface area contributed by atoms with Crippen LogP contribution in [0.1, 0.15) is 116 Å². The smallest absolute Gasteiger partial charge is 0.326 e. The minimum Gasteiger partial charge on any atom is -0.480 e. The highest BCUT2D eigenvalue weighted by molar-refractivity contribution is 5.97. The summed E-state index contributed by atoms with van der Waals surface area (Å²) in [5, 5.41) is 32.3. The van der Waals surface area contributed by atoms with Crippen molar-refractivity contribution in [2.24, 2.45) is 47.0 Å². The summed E-state index contributed by atoms with van der Waals surface area (Å²) >= 11 is 0. The largest absolute Gasteiger partial charge is 0.480 e. The van der Waals surface area contributed by atoms with E-state index in [-0.39, 0.29) is 12.3 Å². The van der Waals surface area contributed by atoms with Gasteiger partial charge in [-0.15, -0.1) is 0 Å².